The van der Waals surface area contributed by atoms with Crippen LogP contribution in [0.4, 0.5) is 5.82 Å². The minimum atomic E-state index is 0.0299. The van der Waals surface area contributed by atoms with Crippen LogP contribution in [0.15, 0.2) is 30.7 Å². The molecule has 1 saturated heterocycles. The van der Waals surface area contributed by atoms with Gasteiger partial charge in [0.1, 0.15) is 5.82 Å². The van der Waals surface area contributed by atoms with E-state index >= 15 is 0 Å². The average Bonchev–Trinajstić information content (AvgIpc) is 3.03. The SMILES string of the molecule is CN(CC1COCCO1)c1nc(-c2cccnc2)nc2c1cnn2C. The highest BCUT2D eigenvalue weighted by Gasteiger charge is 2.21. The fourth-order valence-electron chi connectivity index (χ4n) is 2.96. The second-order valence-electron chi connectivity index (χ2n) is 6.07. The number of fused-ring (bicyclic) bond motifs is 1. The summed E-state index contributed by atoms with van der Waals surface area (Å²) in [5.74, 6) is 1.46. The third kappa shape index (κ3) is 3.18. The number of pyridine rings is 1. The maximum absolute atomic E-state index is 5.76. The molecule has 3 aromatic rings. The Kier molecular flexibility index (Phi) is 4.29. The van der Waals surface area contributed by atoms with Gasteiger partial charge in [0.15, 0.2) is 11.5 Å². The molecule has 0 spiro atoms. The van der Waals surface area contributed by atoms with Gasteiger partial charge in [0, 0.05) is 38.6 Å². The Morgan fingerprint density at radius 2 is 2.20 bits per heavy atom. The van der Waals surface area contributed by atoms with E-state index in [1.807, 2.05) is 26.2 Å². The summed E-state index contributed by atoms with van der Waals surface area (Å²) in [5.41, 5.74) is 1.66. The van der Waals surface area contributed by atoms with E-state index in [1.54, 1.807) is 23.3 Å². The second-order valence-corrected chi connectivity index (χ2v) is 6.07. The normalized spacial score (nSPS) is 17.8. The van der Waals surface area contributed by atoms with E-state index < -0.39 is 0 Å². The van der Waals surface area contributed by atoms with Crippen LogP contribution in [0.1, 0.15) is 0 Å². The van der Waals surface area contributed by atoms with Crippen LogP contribution < -0.4 is 4.90 Å². The molecule has 0 saturated carbocycles. The minimum Gasteiger partial charge on any atom is -0.376 e. The Balaban J connectivity index is 1.73. The fourth-order valence-corrected chi connectivity index (χ4v) is 2.96. The van der Waals surface area contributed by atoms with Crippen LogP contribution in [0.2, 0.25) is 0 Å². The molecular formula is C17H20N6O2. The lowest BCUT2D eigenvalue weighted by Crippen LogP contribution is -2.38. The molecule has 1 fully saturated rings. The average molecular weight is 340 g/mol. The van der Waals surface area contributed by atoms with Crippen molar-refractivity contribution in [3.8, 4) is 11.4 Å². The van der Waals surface area contributed by atoms with E-state index in [0.717, 1.165) is 22.4 Å². The third-order valence-electron chi connectivity index (χ3n) is 4.22. The van der Waals surface area contributed by atoms with Gasteiger partial charge in [0.25, 0.3) is 0 Å². The van der Waals surface area contributed by atoms with Crippen molar-refractivity contribution in [2.45, 2.75) is 6.10 Å². The first-order valence-electron chi connectivity index (χ1n) is 8.23. The summed E-state index contributed by atoms with van der Waals surface area (Å²) in [7, 11) is 3.88. The molecule has 0 aliphatic carbocycles. The van der Waals surface area contributed by atoms with Crippen molar-refractivity contribution in [1.29, 1.82) is 0 Å². The molecule has 1 aliphatic rings. The Morgan fingerprint density at radius 3 is 2.96 bits per heavy atom. The molecule has 25 heavy (non-hydrogen) atoms. The number of hydrogen-bond acceptors (Lipinski definition) is 7. The van der Waals surface area contributed by atoms with Crippen LogP contribution in [-0.4, -0.2) is 64.2 Å². The summed E-state index contributed by atoms with van der Waals surface area (Å²) >= 11 is 0. The van der Waals surface area contributed by atoms with Gasteiger partial charge >= 0.3 is 0 Å². The number of ether oxygens (including phenoxy) is 2. The second kappa shape index (κ2) is 6.73. The number of rotatable bonds is 4. The zero-order valence-electron chi connectivity index (χ0n) is 14.3. The van der Waals surface area contributed by atoms with Crippen LogP contribution in [0, 0.1) is 0 Å². The molecular weight excluding hydrogens is 320 g/mol. The lowest BCUT2D eigenvalue weighted by molar-refractivity contribution is -0.0837. The van der Waals surface area contributed by atoms with Crippen LogP contribution in [0.3, 0.4) is 0 Å². The Hall–Kier alpha value is -2.58. The van der Waals surface area contributed by atoms with E-state index in [2.05, 4.69) is 20.0 Å². The van der Waals surface area contributed by atoms with Crippen LogP contribution in [0.5, 0.6) is 0 Å². The van der Waals surface area contributed by atoms with E-state index in [-0.39, 0.29) is 6.10 Å². The predicted molar refractivity (Wildman–Crippen MR) is 93.4 cm³/mol. The molecule has 0 radical (unpaired) electrons. The highest BCUT2D eigenvalue weighted by Crippen LogP contribution is 2.26. The Morgan fingerprint density at radius 1 is 1.28 bits per heavy atom. The molecule has 3 aromatic heterocycles. The minimum absolute atomic E-state index is 0.0299. The highest BCUT2D eigenvalue weighted by atomic mass is 16.6. The third-order valence-corrected chi connectivity index (χ3v) is 4.22. The quantitative estimate of drug-likeness (QED) is 0.708. The first-order valence-corrected chi connectivity index (χ1v) is 8.23. The summed E-state index contributed by atoms with van der Waals surface area (Å²) in [6.07, 6.45) is 5.33. The number of anilines is 1. The van der Waals surface area contributed by atoms with Crippen molar-refractivity contribution in [1.82, 2.24) is 24.7 Å². The van der Waals surface area contributed by atoms with Gasteiger partial charge in [-0.3, -0.25) is 9.67 Å². The van der Waals surface area contributed by atoms with Crippen molar-refractivity contribution in [2.24, 2.45) is 7.05 Å². The summed E-state index contributed by atoms with van der Waals surface area (Å²) < 4.78 is 13.0. The topological polar surface area (TPSA) is 78.2 Å². The van der Waals surface area contributed by atoms with Crippen LogP contribution in [0.25, 0.3) is 22.4 Å². The molecule has 0 bridgehead atoms. The number of aromatic nitrogens is 5. The smallest absolute Gasteiger partial charge is 0.165 e. The molecule has 4 heterocycles. The van der Waals surface area contributed by atoms with Crippen molar-refractivity contribution in [2.75, 3.05) is 38.3 Å². The number of nitrogens with zero attached hydrogens (tertiary/aromatic N) is 6. The Labute approximate surface area is 145 Å². The molecule has 0 N–H and O–H groups in total. The van der Waals surface area contributed by atoms with Gasteiger partial charge < -0.3 is 14.4 Å². The number of hydrogen-bond donors (Lipinski definition) is 0. The van der Waals surface area contributed by atoms with Gasteiger partial charge in [-0.15, -0.1) is 0 Å². The van der Waals surface area contributed by atoms with Gasteiger partial charge in [-0.1, -0.05) is 0 Å². The Bertz CT molecular complexity index is 860. The van der Waals surface area contributed by atoms with E-state index in [1.165, 1.54) is 0 Å². The fraction of sp³-hybridized carbons (Fsp3) is 0.412. The molecule has 1 aliphatic heterocycles. The van der Waals surface area contributed by atoms with Gasteiger partial charge in [0.2, 0.25) is 0 Å². The largest absolute Gasteiger partial charge is 0.376 e. The van der Waals surface area contributed by atoms with Crippen molar-refractivity contribution >= 4 is 16.9 Å². The van der Waals surface area contributed by atoms with Crippen molar-refractivity contribution in [3.05, 3.63) is 30.7 Å². The summed E-state index contributed by atoms with van der Waals surface area (Å²) in [6.45, 7) is 2.58. The molecule has 1 unspecified atom stereocenters. The number of aryl methyl sites for hydroxylation is 1. The van der Waals surface area contributed by atoms with E-state index in [4.69, 9.17) is 14.5 Å². The van der Waals surface area contributed by atoms with Gasteiger partial charge in [-0.2, -0.15) is 5.10 Å². The van der Waals surface area contributed by atoms with Crippen LogP contribution >= 0.6 is 0 Å². The van der Waals surface area contributed by atoms with Crippen molar-refractivity contribution in [3.63, 3.8) is 0 Å². The maximum atomic E-state index is 5.76. The van der Waals surface area contributed by atoms with Gasteiger partial charge in [-0.25, -0.2) is 9.97 Å². The lowest BCUT2D eigenvalue weighted by Gasteiger charge is -2.28. The molecule has 1 atom stereocenters. The van der Waals surface area contributed by atoms with E-state index in [0.29, 0.717) is 32.2 Å². The monoisotopic (exact) mass is 340 g/mol. The summed E-state index contributed by atoms with van der Waals surface area (Å²) in [5, 5.41) is 5.25. The predicted octanol–water partition coefficient (Wildman–Crippen LogP) is 1.28. The molecule has 130 valence electrons. The molecule has 0 aromatic carbocycles. The van der Waals surface area contributed by atoms with Crippen LogP contribution in [-0.2, 0) is 16.5 Å². The molecule has 4 rings (SSSR count). The van der Waals surface area contributed by atoms with Gasteiger partial charge in [0.05, 0.1) is 37.5 Å². The summed E-state index contributed by atoms with van der Waals surface area (Å²) in [6, 6.07) is 3.83. The highest BCUT2D eigenvalue weighted by molar-refractivity contribution is 5.88. The standard InChI is InChI=1S/C17H20N6O2/c1-22(10-13-11-24-6-7-25-13)16-14-9-19-23(2)17(14)21-15(20-16)12-4-3-5-18-8-12/h3-5,8-9,13H,6-7,10-11H2,1-2H3. The lowest BCUT2D eigenvalue weighted by atomic mass is 10.2. The maximum Gasteiger partial charge on any atom is 0.165 e. The first-order chi connectivity index (χ1) is 12.2. The molecule has 0 amide bonds. The molecule has 8 nitrogen and oxygen atoms in total. The number of likely N-dealkylation sites (N-methyl/N-ethyl adjacent to an activating group) is 1. The molecule has 8 heteroatoms. The summed E-state index contributed by atoms with van der Waals surface area (Å²) in [4.78, 5) is 15.7. The van der Waals surface area contributed by atoms with Gasteiger partial charge in [-0.05, 0) is 12.1 Å². The first kappa shape index (κ1) is 15.9. The van der Waals surface area contributed by atoms with E-state index in [9.17, 15) is 0 Å². The van der Waals surface area contributed by atoms with Crippen molar-refractivity contribution < 1.29 is 9.47 Å². The zero-order valence-corrected chi connectivity index (χ0v) is 14.3. The zero-order chi connectivity index (χ0) is 17.2.